The first-order chi connectivity index (χ1) is 13.7. The zero-order chi connectivity index (χ0) is 19.3. The zero-order valence-corrected chi connectivity index (χ0v) is 15.6. The molecule has 8 heteroatoms. The molecule has 3 heterocycles. The Bertz CT molecular complexity index is 926. The Balaban J connectivity index is 1.58. The maximum Gasteiger partial charge on any atom is 0.261 e. The van der Waals surface area contributed by atoms with E-state index in [0.29, 0.717) is 37.3 Å². The summed E-state index contributed by atoms with van der Waals surface area (Å²) in [4.78, 5) is 11.0. The summed E-state index contributed by atoms with van der Waals surface area (Å²) < 4.78 is 24.6. The van der Waals surface area contributed by atoms with E-state index in [4.69, 9.17) is 9.26 Å². The number of hydrogen-bond donors (Lipinski definition) is 1. The topological polar surface area (TPSA) is 76.3 Å². The molecule has 1 fully saturated rings. The van der Waals surface area contributed by atoms with E-state index in [0.717, 1.165) is 24.2 Å². The largest absolute Gasteiger partial charge is 0.379 e. The van der Waals surface area contributed by atoms with Crippen LogP contribution in [-0.2, 0) is 4.74 Å². The quantitative estimate of drug-likeness (QED) is 0.701. The minimum Gasteiger partial charge on any atom is -0.379 e. The van der Waals surface area contributed by atoms with Crippen LogP contribution < -0.4 is 5.32 Å². The summed E-state index contributed by atoms with van der Waals surface area (Å²) in [6, 6.07) is 10.4. The molecule has 1 N–H and O–H groups in total. The van der Waals surface area contributed by atoms with Gasteiger partial charge in [0.2, 0.25) is 0 Å². The van der Waals surface area contributed by atoms with Gasteiger partial charge < -0.3 is 14.6 Å². The van der Waals surface area contributed by atoms with E-state index in [9.17, 15) is 4.39 Å². The van der Waals surface area contributed by atoms with Gasteiger partial charge in [-0.15, -0.1) is 0 Å². The van der Waals surface area contributed by atoms with E-state index in [-0.39, 0.29) is 11.9 Å². The molecule has 1 saturated heterocycles. The van der Waals surface area contributed by atoms with Crippen molar-refractivity contribution in [3.05, 3.63) is 59.8 Å². The van der Waals surface area contributed by atoms with Gasteiger partial charge >= 0.3 is 0 Å². The average Bonchev–Trinajstić information content (AvgIpc) is 3.15. The van der Waals surface area contributed by atoms with Crippen molar-refractivity contribution < 1.29 is 13.7 Å². The van der Waals surface area contributed by atoms with Gasteiger partial charge in [0, 0.05) is 25.8 Å². The van der Waals surface area contributed by atoms with Crippen molar-refractivity contribution >= 4 is 5.82 Å². The van der Waals surface area contributed by atoms with Crippen molar-refractivity contribution in [1.29, 1.82) is 0 Å². The fourth-order valence-corrected chi connectivity index (χ4v) is 3.38. The lowest BCUT2D eigenvalue weighted by Gasteiger charge is -2.35. The van der Waals surface area contributed by atoms with E-state index in [1.807, 2.05) is 18.2 Å². The van der Waals surface area contributed by atoms with Crippen molar-refractivity contribution in [1.82, 2.24) is 20.0 Å². The smallest absolute Gasteiger partial charge is 0.261 e. The molecule has 0 aliphatic carbocycles. The molecule has 28 heavy (non-hydrogen) atoms. The standard InChI is InChI=1S/C20H22FN5O2/c1-14-24-20(28-25-14)17-6-3-7-22-19(17)23-13-18(26-8-10-27-11-9-26)15-4-2-5-16(21)12-15/h2-7,12,18H,8-11,13H2,1H3,(H,22,23)/t18-/m1/s1. The van der Waals surface area contributed by atoms with E-state index in [1.165, 1.54) is 6.07 Å². The lowest BCUT2D eigenvalue weighted by molar-refractivity contribution is 0.0186. The Morgan fingerprint density at radius 1 is 1.21 bits per heavy atom. The van der Waals surface area contributed by atoms with Gasteiger partial charge in [-0.05, 0) is 36.8 Å². The maximum absolute atomic E-state index is 13.8. The number of rotatable bonds is 6. The summed E-state index contributed by atoms with van der Waals surface area (Å²) in [5.41, 5.74) is 1.66. The third-order valence-electron chi connectivity index (χ3n) is 4.75. The summed E-state index contributed by atoms with van der Waals surface area (Å²) in [5, 5.41) is 7.25. The number of hydrogen-bond acceptors (Lipinski definition) is 7. The number of benzene rings is 1. The first kappa shape index (κ1) is 18.5. The molecule has 2 aromatic heterocycles. The number of morpholine rings is 1. The normalized spacial score (nSPS) is 16.1. The average molecular weight is 383 g/mol. The Morgan fingerprint density at radius 2 is 2.07 bits per heavy atom. The zero-order valence-electron chi connectivity index (χ0n) is 15.6. The highest BCUT2D eigenvalue weighted by molar-refractivity contribution is 5.68. The molecule has 0 spiro atoms. The predicted molar refractivity (Wildman–Crippen MR) is 102 cm³/mol. The lowest BCUT2D eigenvalue weighted by atomic mass is 10.0. The number of pyridine rings is 1. The van der Waals surface area contributed by atoms with E-state index in [2.05, 4.69) is 25.3 Å². The van der Waals surface area contributed by atoms with Crippen molar-refractivity contribution in [2.24, 2.45) is 0 Å². The highest BCUT2D eigenvalue weighted by Gasteiger charge is 2.24. The number of anilines is 1. The molecule has 0 amide bonds. The van der Waals surface area contributed by atoms with Crippen LogP contribution in [0.2, 0.25) is 0 Å². The molecule has 1 atom stereocenters. The molecule has 0 saturated carbocycles. The molecule has 1 aliphatic rings. The number of halogens is 1. The molecule has 0 unspecified atom stereocenters. The third kappa shape index (κ3) is 4.18. The third-order valence-corrected chi connectivity index (χ3v) is 4.75. The maximum atomic E-state index is 13.8. The van der Waals surface area contributed by atoms with Crippen molar-refractivity contribution in [2.75, 3.05) is 38.2 Å². The van der Waals surface area contributed by atoms with Gasteiger partial charge in [-0.2, -0.15) is 4.98 Å². The summed E-state index contributed by atoms with van der Waals surface area (Å²) >= 11 is 0. The Kier molecular flexibility index (Phi) is 5.59. The highest BCUT2D eigenvalue weighted by atomic mass is 19.1. The second kappa shape index (κ2) is 8.45. The number of nitrogens with zero attached hydrogens (tertiary/aromatic N) is 4. The molecular weight excluding hydrogens is 361 g/mol. The summed E-state index contributed by atoms with van der Waals surface area (Å²) in [5.74, 6) is 1.40. The fraction of sp³-hybridized carbons (Fsp3) is 0.350. The van der Waals surface area contributed by atoms with Gasteiger partial charge in [-0.3, -0.25) is 4.90 Å². The van der Waals surface area contributed by atoms with Crippen molar-refractivity contribution in [3.8, 4) is 11.5 Å². The first-order valence-electron chi connectivity index (χ1n) is 9.27. The van der Waals surface area contributed by atoms with Crippen LogP contribution in [0.15, 0.2) is 47.1 Å². The summed E-state index contributed by atoms with van der Waals surface area (Å²) in [6.07, 6.45) is 1.71. The number of aromatic nitrogens is 3. The molecule has 4 rings (SSSR count). The van der Waals surface area contributed by atoms with Crippen molar-refractivity contribution in [3.63, 3.8) is 0 Å². The minimum atomic E-state index is -0.240. The summed E-state index contributed by atoms with van der Waals surface area (Å²) in [6.45, 7) is 5.25. The van der Waals surface area contributed by atoms with Crippen LogP contribution in [0.4, 0.5) is 10.2 Å². The van der Waals surface area contributed by atoms with Crippen LogP contribution >= 0.6 is 0 Å². The SMILES string of the molecule is Cc1noc(-c2cccnc2NC[C@H](c2cccc(F)c2)N2CCOCC2)n1. The molecule has 7 nitrogen and oxygen atoms in total. The van der Waals surface area contributed by atoms with Gasteiger partial charge in [0.1, 0.15) is 11.6 Å². The van der Waals surface area contributed by atoms with Gasteiger partial charge in [0.05, 0.1) is 24.8 Å². The van der Waals surface area contributed by atoms with Gasteiger partial charge in [-0.25, -0.2) is 9.37 Å². The van der Waals surface area contributed by atoms with Gasteiger partial charge in [0.25, 0.3) is 5.89 Å². The van der Waals surface area contributed by atoms with E-state index < -0.39 is 0 Å². The molecule has 0 radical (unpaired) electrons. The second-order valence-electron chi connectivity index (χ2n) is 6.65. The monoisotopic (exact) mass is 383 g/mol. The number of aryl methyl sites for hydroxylation is 1. The fourth-order valence-electron chi connectivity index (χ4n) is 3.38. The minimum absolute atomic E-state index is 0.0149. The van der Waals surface area contributed by atoms with E-state index >= 15 is 0 Å². The van der Waals surface area contributed by atoms with Crippen molar-refractivity contribution in [2.45, 2.75) is 13.0 Å². The lowest BCUT2D eigenvalue weighted by Crippen LogP contribution is -2.41. The Morgan fingerprint density at radius 3 is 2.82 bits per heavy atom. The first-order valence-corrected chi connectivity index (χ1v) is 9.27. The molecular formula is C20H22FN5O2. The van der Waals surface area contributed by atoms with Crippen LogP contribution in [0.3, 0.4) is 0 Å². The Labute approximate surface area is 162 Å². The molecule has 3 aromatic rings. The number of nitrogens with one attached hydrogen (secondary N) is 1. The van der Waals surface area contributed by atoms with Crippen LogP contribution in [0.5, 0.6) is 0 Å². The predicted octanol–water partition coefficient (Wildman–Crippen LogP) is 3.06. The number of ether oxygens (including phenoxy) is 1. The summed E-state index contributed by atoms with van der Waals surface area (Å²) in [7, 11) is 0. The second-order valence-corrected chi connectivity index (χ2v) is 6.65. The van der Waals surface area contributed by atoms with Gasteiger partial charge in [0.15, 0.2) is 5.82 Å². The van der Waals surface area contributed by atoms with Crippen LogP contribution in [0, 0.1) is 12.7 Å². The molecule has 0 bridgehead atoms. The molecule has 1 aromatic carbocycles. The highest BCUT2D eigenvalue weighted by Crippen LogP contribution is 2.27. The van der Waals surface area contributed by atoms with E-state index in [1.54, 1.807) is 25.3 Å². The molecule has 146 valence electrons. The van der Waals surface area contributed by atoms with Crippen LogP contribution in [0.25, 0.3) is 11.5 Å². The Hall–Kier alpha value is -2.84. The van der Waals surface area contributed by atoms with Gasteiger partial charge in [-0.1, -0.05) is 17.3 Å². The van der Waals surface area contributed by atoms with Crippen LogP contribution in [-0.4, -0.2) is 52.9 Å². The van der Waals surface area contributed by atoms with Crippen LogP contribution in [0.1, 0.15) is 17.4 Å². The molecule has 1 aliphatic heterocycles.